The Bertz CT molecular complexity index is 401. The predicted molar refractivity (Wildman–Crippen MR) is 96.2 cm³/mol. The highest BCUT2D eigenvalue weighted by molar-refractivity contribution is 5.70. The lowest BCUT2D eigenvalue weighted by Gasteiger charge is -2.49. The smallest absolute Gasteiger partial charge is 0.306 e. The van der Waals surface area contributed by atoms with Crippen molar-refractivity contribution in [1.29, 1.82) is 0 Å². The number of aliphatic carboxylic acids is 1. The minimum atomic E-state index is -0.558. The largest absolute Gasteiger partial charge is 0.481 e. The maximum absolute atomic E-state index is 11.8. The zero-order valence-corrected chi connectivity index (χ0v) is 16.1. The summed E-state index contributed by atoms with van der Waals surface area (Å²) in [5.41, 5.74) is 0. The van der Waals surface area contributed by atoms with Crippen molar-refractivity contribution in [3.05, 3.63) is 0 Å². The SMILES string of the molecule is CC1CCC(C(C)C)C(C2CC(C(C)C)CC(C(=O)O)C2C)C1. The molecule has 2 rings (SSSR count). The van der Waals surface area contributed by atoms with Crippen LogP contribution in [0.5, 0.6) is 0 Å². The molecule has 2 saturated carbocycles. The lowest BCUT2D eigenvalue weighted by molar-refractivity contribution is -0.148. The van der Waals surface area contributed by atoms with Gasteiger partial charge in [-0.3, -0.25) is 4.79 Å². The Hall–Kier alpha value is -0.530. The molecular formula is C21H38O2. The van der Waals surface area contributed by atoms with Gasteiger partial charge in [0.05, 0.1) is 5.92 Å². The molecule has 23 heavy (non-hydrogen) atoms. The van der Waals surface area contributed by atoms with Crippen molar-refractivity contribution in [3.63, 3.8) is 0 Å². The molecule has 2 aliphatic carbocycles. The fraction of sp³-hybridized carbons (Fsp3) is 0.952. The van der Waals surface area contributed by atoms with Crippen LogP contribution in [0, 0.1) is 53.3 Å². The average Bonchev–Trinajstić information content (AvgIpc) is 2.46. The molecule has 0 aliphatic heterocycles. The second-order valence-electron chi connectivity index (χ2n) is 9.43. The van der Waals surface area contributed by atoms with Crippen LogP contribution < -0.4 is 0 Å². The molecule has 1 N–H and O–H groups in total. The highest BCUT2D eigenvalue weighted by Crippen LogP contribution is 2.51. The summed E-state index contributed by atoms with van der Waals surface area (Å²) in [6.45, 7) is 13.9. The van der Waals surface area contributed by atoms with Gasteiger partial charge in [0.25, 0.3) is 0 Å². The fourth-order valence-corrected chi connectivity index (χ4v) is 5.70. The molecule has 2 nitrogen and oxygen atoms in total. The van der Waals surface area contributed by atoms with Crippen LogP contribution in [0.3, 0.4) is 0 Å². The van der Waals surface area contributed by atoms with E-state index in [-0.39, 0.29) is 5.92 Å². The maximum atomic E-state index is 11.8. The van der Waals surface area contributed by atoms with E-state index in [4.69, 9.17) is 0 Å². The standard InChI is InChI=1S/C21H38O2/c1-12(2)16-10-18(15(6)19(11-16)21(22)23)20-9-14(5)7-8-17(20)13(3)4/h12-20H,7-11H2,1-6H3,(H,22,23). The number of carboxylic acid groups (broad SMARTS) is 1. The van der Waals surface area contributed by atoms with Gasteiger partial charge in [-0.2, -0.15) is 0 Å². The highest BCUT2D eigenvalue weighted by Gasteiger charge is 2.46. The first-order chi connectivity index (χ1) is 10.7. The summed E-state index contributed by atoms with van der Waals surface area (Å²) in [6.07, 6.45) is 6.16. The van der Waals surface area contributed by atoms with Gasteiger partial charge in [0.1, 0.15) is 0 Å². The molecule has 2 fully saturated rings. The highest BCUT2D eigenvalue weighted by atomic mass is 16.4. The Labute approximate surface area is 143 Å². The van der Waals surface area contributed by atoms with Crippen molar-refractivity contribution in [1.82, 2.24) is 0 Å². The summed E-state index contributed by atoms with van der Waals surface area (Å²) < 4.78 is 0. The van der Waals surface area contributed by atoms with E-state index in [0.717, 1.165) is 30.1 Å². The molecular weight excluding hydrogens is 284 g/mol. The Kier molecular flexibility index (Phi) is 6.19. The number of hydrogen-bond donors (Lipinski definition) is 1. The zero-order valence-electron chi connectivity index (χ0n) is 16.1. The summed E-state index contributed by atoms with van der Waals surface area (Å²) in [4.78, 5) is 11.8. The van der Waals surface area contributed by atoms with E-state index in [9.17, 15) is 9.90 Å². The molecule has 2 aliphatic rings. The average molecular weight is 323 g/mol. The van der Waals surface area contributed by atoms with Crippen LogP contribution in [-0.4, -0.2) is 11.1 Å². The van der Waals surface area contributed by atoms with Crippen molar-refractivity contribution in [3.8, 4) is 0 Å². The van der Waals surface area contributed by atoms with Gasteiger partial charge in [0.15, 0.2) is 0 Å². The van der Waals surface area contributed by atoms with Gasteiger partial charge < -0.3 is 5.11 Å². The minimum Gasteiger partial charge on any atom is -0.481 e. The molecule has 2 heteroatoms. The van der Waals surface area contributed by atoms with Gasteiger partial charge >= 0.3 is 5.97 Å². The van der Waals surface area contributed by atoms with Gasteiger partial charge in [0, 0.05) is 0 Å². The van der Waals surface area contributed by atoms with Gasteiger partial charge in [-0.25, -0.2) is 0 Å². The van der Waals surface area contributed by atoms with Crippen LogP contribution in [-0.2, 0) is 4.79 Å². The van der Waals surface area contributed by atoms with Gasteiger partial charge in [-0.05, 0) is 73.0 Å². The minimum absolute atomic E-state index is 0.133. The van der Waals surface area contributed by atoms with Crippen LogP contribution >= 0.6 is 0 Å². The number of carboxylic acids is 1. The quantitative estimate of drug-likeness (QED) is 0.719. The van der Waals surface area contributed by atoms with Crippen LogP contribution in [0.1, 0.15) is 73.6 Å². The van der Waals surface area contributed by atoms with Gasteiger partial charge in [-0.15, -0.1) is 0 Å². The second kappa shape index (κ2) is 7.57. The Balaban J connectivity index is 2.26. The van der Waals surface area contributed by atoms with Crippen molar-refractivity contribution in [2.45, 2.75) is 73.6 Å². The Morgan fingerprint density at radius 1 is 0.913 bits per heavy atom. The molecule has 0 heterocycles. The normalized spacial score (nSPS) is 42.2. The van der Waals surface area contributed by atoms with Crippen molar-refractivity contribution in [2.75, 3.05) is 0 Å². The molecule has 7 atom stereocenters. The van der Waals surface area contributed by atoms with Crippen molar-refractivity contribution < 1.29 is 9.90 Å². The van der Waals surface area contributed by atoms with Gasteiger partial charge in [0.2, 0.25) is 0 Å². The third kappa shape index (κ3) is 4.12. The summed E-state index contributed by atoms with van der Waals surface area (Å²) in [7, 11) is 0. The Morgan fingerprint density at radius 2 is 1.57 bits per heavy atom. The van der Waals surface area contributed by atoms with Crippen molar-refractivity contribution in [2.24, 2.45) is 53.3 Å². The van der Waals surface area contributed by atoms with E-state index < -0.39 is 5.97 Å². The molecule has 0 bridgehead atoms. The molecule has 0 aromatic rings. The topological polar surface area (TPSA) is 37.3 Å². The van der Waals surface area contributed by atoms with E-state index in [2.05, 4.69) is 41.5 Å². The zero-order chi connectivity index (χ0) is 17.3. The third-order valence-corrected chi connectivity index (χ3v) is 7.33. The first kappa shape index (κ1) is 18.8. The second-order valence-corrected chi connectivity index (χ2v) is 9.43. The maximum Gasteiger partial charge on any atom is 0.306 e. The van der Waals surface area contributed by atoms with Crippen molar-refractivity contribution >= 4 is 5.97 Å². The summed E-state index contributed by atoms with van der Waals surface area (Å²) in [6, 6.07) is 0. The van der Waals surface area contributed by atoms with E-state index in [1.807, 2.05) is 0 Å². The molecule has 0 saturated heterocycles. The fourth-order valence-electron chi connectivity index (χ4n) is 5.70. The van der Waals surface area contributed by atoms with Crippen LogP contribution in [0.2, 0.25) is 0 Å². The summed E-state index contributed by atoms with van der Waals surface area (Å²) in [5, 5.41) is 9.75. The van der Waals surface area contributed by atoms with E-state index in [1.165, 1.54) is 25.7 Å². The Morgan fingerprint density at radius 3 is 2.09 bits per heavy atom. The first-order valence-electron chi connectivity index (χ1n) is 9.95. The molecule has 7 unspecified atom stereocenters. The molecule has 0 radical (unpaired) electrons. The van der Waals surface area contributed by atoms with Gasteiger partial charge in [-0.1, -0.05) is 48.0 Å². The number of hydrogen-bond acceptors (Lipinski definition) is 1. The number of carbonyl (C=O) groups is 1. The molecule has 0 aromatic carbocycles. The summed E-state index contributed by atoms with van der Waals surface area (Å²) >= 11 is 0. The van der Waals surface area contributed by atoms with Crippen LogP contribution in [0.15, 0.2) is 0 Å². The van der Waals surface area contributed by atoms with E-state index in [0.29, 0.717) is 23.7 Å². The summed E-state index contributed by atoms with van der Waals surface area (Å²) in [5.74, 6) is 4.49. The monoisotopic (exact) mass is 322 g/mol. The molecule has 0 amide bonds. The van der Waals surface area contributed by atoms with Crippen LogP contribution in [0.4, 0.5) is 0 Å². The van der Waals surface area contributed by atoms with Crippen LogP contribution in [0.25, 0.3) is 0 Å². The van der Waals surface area contributed by atoms with E-state index >= 15 is 0 Å². The number of rotatable bonds is 4. The molecule has 134 valence electrons. The first-order valence-corrected chi connectivity index (χ1v) is 9.95. The predicted octanol–water partition coefficient (Wildman–Crippen LogP) is 5.71. The lowest BCUT2D eigenvalue weighted by atomic mass is 9.56. The van der Waals surface area contributed by atoms with E-state index in [1.54, 1.807) is 0 Å². The molecule has 0 spiro atoms. The molecule has 0 aromatic heterocycles. The lowest BCUT2D eigenvalue weighted by Crippen LogP contribution is -2.44. The third-order valence-electron chi connectivity index (χ3n) is 7.33.